The van der Waals surface area contributed by atoms with Gasteiger partial charge in [-0.25, -0.2) is 0 Å². The standard InChI is InChI=1S/C18H28N2O.ClH/c1-14(19)15-9-11-20(12-10-15)17(21)13-18(2,3)16-7-5-4-6-8-16;/h4-8,14-15H,9-13,19H2,1-3H3;1H. The number of nitrogens with two attached hydrogens (primary N) is 1. The second kappa shape index (κ2) is 7.98. The fraction of sp³-hybridized carbons (Fsp3) is 0.611. The van der Waals surface area contributed by atoms with Crippen LogP contribution in [0.15, 0.2) is 30.3 Å². The fourth-order valence-corrected chi connectivity index (χ4v) is 3.16. The summed E-state index contributed by atoms with van der Waals surface area (Å²) >= 11 is 0. The van der Waals surface area contributed by atoms with Crippen molar-refractivity contribution in [2.24, 2.45) is 11.7 Å². The summed E-state index contributed by atoms with van der Waals surface area (Å²) in [6, 6.07) is 10.5. The molecule has 1 aliphatic heterocycles. The molecule has 1 aromatic carbocycles. The van der Waals surface area contributed by atoms with Crippen molar-refractivity contribution in [3.05, 3.63) is 35.9 Å². The summed E-state index contributed by atoms with van der Waals surface area (Å²) in [4.78, 5) is 14.6. The molecule has 1 aliphatic rings. The first kappa shape index (κ1) is 19.0. The molecule has 3 nitrogen and oxygen atoms in total. The topological polar surface area (TPSA) is 46.3 Å². The zero-order chi connectivity index (χ0) is 15.5. The van der Waals surface area contributed by atoms with Gasteiger partial charge in [-0.05, 0) is 36.7 Å². The smallest absolute Gasteiger partial charge is 0.223 e. The van der Waals surface area contributed by atoms with Crippen LogP contribution in [-0.4, -0.2) is 29.9 Å². The molecule has 22 heavy (non-hydrogen) atoms. The minimum absolute atomic E-state index is 0. The average Bonchev–Trinajstić information content (AvgIpc) is 2.48. The quantitative estimate of drug-likeness (QED) is 0.923. The normalized spacial score (nSPS) is 17.7. The van der Waals surface area contributed by atoms with Crippen molar-refractivity contribution >= 4 is 18.3 Å². The molecule has 2 rings (SSSR count). The van der Waals surface area contributed by atoms with Gasteiger partial charge < -0.3 is 10.6 Å². The van der Waals surface area contributed by atoms with E-state index in [1.807, 2.05) is 23.1 Å². The van der Waals surface area contributed by atoms with Gasteiger partial charge in [0.1, 0.15) is 0 Å². The lowest BCUT2D eigenvalue weighted by molar-refractivity contribution is -0.133. The number of likely N-dealkylation sites (tertiary alicyclic amines) is 1. The van der Waals surface area contributed by atoms with E-state index >= 15 is 0 Å². The van der Waals surface area contributed by atoms with Gasteiger partial charge in [0.2, 0.25) is 5.91 Å². The molecule has 1 fully saturated rings. The lowest BCUT2D eigenvalue weighted by Crippen LogP contribution is -2.44. The third kappa shape index (κ3) is 4.72. The number of carbonyl (C=O) groups excluding carboxylic acids is 1. The summed E-state index contributed by atoms with van der Waals surface area (Å²) < 4.78 is 0. The van der Waals surface area contributed by atoms with E-state index in [4.69, 9.17) is 5.73 Å². The van der Waals surface area contributed by atoms with Crippen LogP contribution in [0.1, 0.15) is 45.6 Å². The average molecular weight is 325 g/mol. The molecule has 1 amide bonds. The van der Waals surface area contributed by atoms with Crippen LogP contribution in [0.3, 0.4) is 0 Å². The first-order valence-corrected chi connectivity index (χ1v) is 7.99. The van der Waals surface area contributed by atoms with Gasteiger partial charge in [0, 0.05) is 25.6 Å². The lowest BCUT2D eigenvalue weighted by Gasteiger charge is -2.35. The molecule has 1 heterocycles. The van der Waals surface area contributed by atoms with Gasteiger partial charge in [-0.15, -0.1) is 12.4 Å². The third-order valence-electron chi connectivity index (χ3n) is 4.78. The highest BCUT2D eigenvalue weighted by molar-refractivity contribution is 5.85. The van der Waals surface area contributed by atoms with E-state index in [1.165, 1.54) is 5.56 Å². The van der Waals surface area contributed by atoms with Gasteiger partial charge in [0.25, 0.3) is 0 Å². The predicted molar refractivity (Wildman–Crippen MR) is 94.3 cm³/mol. The van der Waals surface area contributed by atoms with Crippen LogP contribution in [0, 0.1) is 5.92 Å². The fourth-order valence-electron chi connectivity index (χ4n) is 3.16. The SMILES string of the molecule is CC(N)C1CCN(C(=O)CC(C)(C)c2ccccc2)CC1.Cl. The van der Waals surface area contributed by atoms with E-state index in [-0.39, 0.29) is 29.8 Å². The van der Waals surface area contributed by atoms with Crippen LogP contribution < -0.4 is 5.73 Å². The summed E-state index contributed by atoms with van der Waals surface area (Å²) in [7, 11) is 0. The molecular weight excluding hydrogens is 296 g/mol. The molecule has 1 atom stereocenters. The van der Waals surface area contributed by atoms with Gasteiger partial charge in [-0.1, -0.05) is 44.2 Å². The minimum Gasteiger partial charge on any atom is -0.343 e. The highest BCUT2D eigenvalue weighted by Crippen LogP contribution is 2.29. The van der Waals surface area contributed by atoms with Crippen LogP contribution in [0.5, 0.6) is 0 Å². The molecule has 0 spiro atoms. The number of halogens is 1. The number of piperidine rings is 1. The Morgan fingerprint density at radius 2 is 1.82 bits per heavy atom. The van der Waals surface area contributed by atoms with E-state index in [0.29, 0.717) is 12.3 Å². The van der Waals surface area contributed by atoms with E-state index < -0.39 is 0 Å². The largest absolute Gasteiger partial charge is 0.343 e. The Morgan fingerprint density at radius 3 is 2.32 bits per heavy atom. The van der Waals surface area contributed by atoms with Gasteiger partial charge in [0.05, 0.1) is 0 Å². The first-order chi connectivity index (χ1) is 9.90. The van der Waals surface area contributed by atoms with Gasteiger partial charge >= 0.3 is 0 Å². The molecule has 1 unspecified atom stereocenters. The van der Waals surface area contributed by atoms with Crippen LogP contribution in [-0.2, 0) is 10.2 Å². The number of hydrogen-bond acceptors (Lipinski definition) is 2. The Labute approximate surface area is 140 Å². The number of rotatable bonds is 4. The van der Waals surface area contributed by atoms with Crippen molar-refractivity contribution in [1.82, 2.24) is 4.90 Å². The molecule has 1 saturated heterocycles. The third-order valence-corrected chi connectivity index (χ3v) is 4.78. The summed E-state index contributed by atoms with van der Waals surface area (Å²) in [5.74, 6) is 0.836. The second-order valence-electron chi connectivity index (χ2n) is 7.00. The molecule has 124 valence electrons. The zero-order valence-corrected chi connectivity index (χ0v) is 14.7. The summed E-state index contributed by atoms with van der Waals surface area (Å²) in [6.07, 6.45) is 2.64. The Hall–Kier alpha value is -1.06. The zero-order valence-electron chi connectivity index (χ0n) is 13.9. The van der Waals surface area contributed by atoms with Crippen LogP contribution in [0.4, 0.5) is 0 Å². The van der Waals surface area contributed by atoms with Crippen molar-refractivity contribution in [2.75, 3.05) is 13.1 Å². The van der Waals surface area contributed by atoms with Crippen molar-refractivity contribution < 1.29 is 4.79 Å². The molecule has 2 N–H and O–H groups in total. The maximum atomic E-state index is 12.6. The number of carbonyl (C=O) groups is 1. The molecule has 4 heteroatoms. The van der Waals surface area contributed by atoms with Crippen molar-refractivity contribution in [3.63, 3.8) is 0 Å². The molecular formula is C18H29ClN2O. The van der Waals surface area contributed by atoms with Crippen molar-refractivity contribution in [1.29, 1.82) is 0 Å². The van der Waals surface area contributed by atoms with E-state index in [1.54, 1.807) is 0 Å². The van der Waals surface area contributed by atoms with Crippen LogP contribution in [0.2, 0.25) is 0 Å². The highest BCUT2D eigenvalue weighted by Gasteiger charge is 2.29. The Kier molecular flexibility index (Phi) is 6.89. The van der Waals surface area contributed by atoms with E-state index in [9.17, 15) is 4.79 Å². The maximum Gasteiger partial charge on any atom is 0.223 e. The number of amides is 1. The number of benzene rings is 1. The molecule has 0 radical (unpaired) electrons. The number of hydrogen-bond donors (Lipinski definition) is 1. The summed E-state index contributed by atoms with van der Waals surface area (Å²) in [6.45, 7) is 8.08. The van der Waals surface area contributed by atoms with Gasteiger partial charge in [-0.2, -0.15) is 0 Å². The maximum absolute atomic E-state index is 12.6. The molecule has 0 saturated carbocycles. The van der Waals surface area contributed by atoms with E-state index in [0.717, 1.165) is 25.9 Å². The molecule has 1 aromatic rings. The Bertz CT molecular complexity index is 465. The van der Waals surface area contributed by atoms with Gasteiger partial charge in [-0.3, -0.25) is 4.79 Å². The number of nitrogens with zero attached hydrogens (tertiary/aromatic N) is 1. The van der Waals surface area contributed by atoms with Crippen LogP contribution in [0.25, 0.3) is 0 Å². The summed E-state index contributed by atoms with van der Waals surface area (Å²) in [5, 5.41) is 0. The second-order valence-corrected chi connectivity index (χ2v) is 7.00. The van der Waals surface area contributed by atoms with Crippen molar-refractivity contribution in [3.8, 4) is 0 Å². The lowest BCUT2D eigenvalue weighted by atomic mass is 9.81. The first-order valence-electron chi connectivity index (χ1n) is 7.99. The Balaban J connectivity index is 0.00000242. The summed E-state index contributed by atoms with van der Waals surface area (Å²) in [5.41, 5.74) is 7.07. The predicted octanol–water partition coefficient (Wildman–Crippen LogP) is 3.36. The molecule has 0 aromatic heterocycles. The van der Waals surface area contributed by atoms with Gasteiger partial charge in [0.15, 0.2) is 0 Å². The highest BCUT2D eigenvalue weighted by atomic mass is 35.5. The van der Waals surface area contributed by atoms with Crippen molar-refractivity contribution in [2.45, 2.75) is 51.5 Å². The molecule has 0 aliphatic carbocycles. The van der Waals surface area contributed by atoms with Crippen LogP contribution >= 0.6 is 12.4 Å². The molecule has 0 bridgehead atoms. The van der Waals surface area contributed by atoms with E-state index in [2.05, 4.69) is 32.9 Å². The minimum atomic E-state index is -0.115. The Morgan fingerprint density at radius 1 is 1.27 bits per heavy atom. The monoisotopic (exact) mass is 324 g/mol.